The summed E-state index contributed by atoms with van der Waals surface area (Å²) in [7, 11) is 0. The van der Waals surface area contributed by atoms with Gasteiger partial charge in [0.1, 0.15) is 18.2 Å². The number of carbonyl (C=O) groups excluding carboxylic acids is 1. The summed E-state index contributed by atoms with van der Waals surface area (Å²) in [4.78, 5) is 23.0. The van der Waals surface area contributed by atoms with Gasteiger partial charge in [-0.3, -0.25) is 14.9 Å². The number of nitriles is 1. The van der Waals surface area contributed by atoms with Crippen molar-refractivity contribution >= 4 is 50.9 Å². The van der Waals surface area contributed by atoms with Crippen molar-refractivity contribution in [3.05, 3.63) is 97.0 Å². The zero-order valence-corrected chi connectivity index (χ0v) is 20.8. The molecule has 3 rings (SSSR count). The van der Waals surface area contributed by atoms with E-state index in [2.05, 4.69) is 21.2 Å². The molecule has 10 heteroatoms. The summed E-state index contributed by atoms with van der Waals surface area (Å²) < 4.78 is 12.1. The van der Waals surface area contributed by atoms with Crippen LogP contribution >= 0.6 is 27.5 Å². The Labute approximate surface area is 215 Å². The van der Waals surface area contributed by atoms with Crippen LogP contribution in [0.5, 0.6) is 11.5 Å². The lowest BCUT2D eigenvalue weighted by Crippen LogP contribution is -2.13. The predicted octanol–water partition coefficient (Wildman–Crippen LogP) is 6.53. The molecule has 0 fully saturated rings. The van der Waals surface area contributed by atoms with Crippen molar-refractivity contribution in [1.82, 2.24) is 0 Å². The fraction of sp³-hybridized carbons (Fsp3) is 0.120. The van der Waals surface area contributed by atoms with Crippen LogP contribution in [-0.4, -0.2) is 17.4 Å². The number of ether oxygens (including phenoxy) is 2. The van der Waals surface area contributed by atoms with Gasteiger partial charge in [-0.05, 0) is 66.6 Å². The minimum Gasteiger partial charge on any atom is -0.490 e. The number of nitro benzene ring substituents is 1. The number of anilines is 1. The lowest BCUT2D eigenvalue weighted by Gasteiger charge is -2.14. The molecule has 3 aromatic carbocycles. The normalized spacial score (nSPS) is 10.9. The van der Waals surface area contributed by atoms with E-state index in [1.54, 1.807) is 48.5 Å². The minimum atomic E-state index is -0.585. The first-order chi connectivity index (χ1) is 16.8. The number of benzene rings is 3. The lowest BCUT2D eigenvalue weighted by atomic mass is 10.1. The highest BCUT2D eigenvalue weighted by atomic mass is 79.9. The van der Waals surface area contributed by atoms with Crippen molar-refractivity contribution in [3.8, 4) is 17.6 Å². The van der Waals surface area contributed by atoms with Gasteiger partial charge in [0.05, 0.1) is 11.5 Å². The molecule has 178 valence electrons. The quantitative estimate of drug-likeness (QED) is 0.139. The molecule has 3 aromatic rings. The van der Waals surface area contributed by atoms with Crippen molar-refractivity contribution in [2.75, 3.05) is 11.9 Å². The summed E-state index contributed by atoms with van der Waals surface area (Å²) in [6, 6.07) is 17.9. The van der Waals surface area contributed by atoms with E-state index < -0.39 is 10.8 Å². The number of hydrogen-bond acceptors (Lipinski definition) is 6. The van der Waals surface area contributed by atoms with E-state index in [9.17, 15) is 20.2 Å². The molecule has 0 aromatic heterocycles. The molecular formula is C25H19BrClN3O5. The highest BCUT2D eigenvalue weighted by Gasteiger charge is 2.15. The van der Waals surface area contributed by atoms with Crippen LogP contribution in [-0.2, 0) is 11.4 Å². The SMILES string of the molecule is CCOc1cc(/C=C(\C#N)C(=O)Nc2cccc(Cl)c2)c(Br)cc1OCc1ccc([N+](=O)[O-])cc1. The van der Waals surface area contributed by atoms with Gasteiger partial charge in [0.2, 0.25) is 0 Å². The largest absolute Gasteiger partial charge is 0.490 e. The average molecular weight is 557 g/mol. The van der Waals surface area contributed by atoms with Gasteiger partial charge in [-0.15, -0.1) is 0 Å². The molecular weight excluding hydrogens is 538 g/mol. The third kappa shape index (κ3) is 7.06. The standard InChI is InChI=1S/C25H19BrClN3O5/c1-2-34-23-11-17(10-18(14-28)25(31)29-20-5-3-4-19(27)12-20)22(26)13-24(23)35-15-16-6-8-21(9-7-16)30(32)33/h3-13H,2,15H2,1H3,(H,29,31)/b18-10+. The summed E-state index contributed by atoms with van der Waals surface area (Å²) in [6.45, 7) is 2.33. The second kappa shape index (κ2) is 12.0. The van der Waals surface area contributed by atoms with Gasteiger partial charge in [0.25, 0.3) is 11.6 Å². The number of nitro groups is 1. The Bertz CT molecular complexity index is 1320. The molecule has 8 nitrogen and oxygen atoms in total. The van der Waals surface area contributed by atoms with E-state index in [1.165, 1.54) is 18.2 Å². The zero-order valence-electron chi connectivity index (χ0n) is 18.5. The number of amides is 1. The summed E-state index contributed by atoms with van der Waals surface area (Å²) in [5.41, 5.74) is 1.62. The van der Waals surface area contributed by atoms with Gasteiger partial charge in [-0.25, -0.2) is 0 Å². The van der Waals surface area contributed by atoms with E-state index in [0.29, 0.717) is 38.9 Å². The van der Waals surface area contributed by atoms with Crippen LogP contribution in [0.25, 0.3) is 6.08 Å². The van der Waals surface area contributed by atoms with Crippen LogP contribution in [0, 0.1) is 21.4 Å². The number of non-ortho nitro benzene ring substituents is 1. The minimum absolute atomic E-state index is 0.00432. The second-order valence-corrected chi connectivity index (χ2v) is 8.39. The number of hydrogen-bond donors (Lipinski definition) is 1. The molecule has 0 saturated heterocycles. The fourth-order valence-electron chi connectivity index (χ4n) is 2.99. The van der Waals surface area contributed by atoms with Crippen molar-refractivity contribution in [1.29, 1.82) is 5.26 Å². The molecule has 0 saturated carbocycles. The number of nitrogens with one attached hydrogen (secondary N) is 1. The number of carbonyl (C=O) groups is 1. The van der Waals surface area contributed by atoms with E-state index in [-0.39, 0.29) is 17.9 Å². The monoisotopic (exact) mass is 555 g/mol. The summed E-state index contributed by atoms with van der Waals surface area (Å²) in [6.07, 6.45) is 1.44. The zero-order chi connectivity index (χ0) is 25.4. The van der Waals surface area contributed by atoms with Crippen molar-refractivity contribution < 1.29 is 19.2 Å². The Kier molecular flexibility index (Phi) is 8.84. The average Bonchev–Trinajstić information content (AvgIpc) is 2.83. The molecule has 0 radical (unpaired) electrons. The first-order valence-corrected chi connectivity index (χ1v) is 11.5. The van der Waals surface area contributed by atoms with Gasteiger partial charge in [0.15, 0.2) is 11.5 Å². The maximum absolute atomic E-state index is 12.6. The molecule has 35 heavy (non-hydrogen) atoms. The number of halogens is 2. The Hall–Kier alpha value is -3.87. The highest BCUT2D eigenvalue weighted by Crippen LogP contribution is 2.35. The van der Waals surface area contributed by atoms with Crippen LogP contribution in [0.15, 0.2) is 70.7 Å². The van der Waals surface area contributed by atoms with Crippen molar-refractivity contribution in [2.24, 2.45) is 0 Å². The van der Waals surface area contributed by atoms with E-state index in [4.69, 9.17) is 21.1 Å². The van der Waals surface area contributed by atoms with Gasteiger partial charge < -0.3 is 14.8 Å². The third-order valence-electron chi connectivity index (χ3n) is 4.65. The molecule has 0 aliphatic carbocycles. The van der Waals surface area contributed by atoms with Crippen molar-refractivity contribution in [3.63, 3.8) is 0 Å². The molecule has 1 amide bonds. The van der Waals surface area contributed by atoms with E-state index in [1.807, 2.05) is 13.0 Å². The Balaban J connectivity index is 1.82. The molecule has 0 aliphatic heterocycles. The Morgan fingerprint density at radius 2 is 1.89 bits per heavy atom. The van der Waals surface area contributed by atoms with Gasteiger partial charge in [0, 0.05) is 27.3 Å². The van der Waals surface area contributed by atoms with Crippen LogP contribution in [0.1, 0.15) is 18.1 Å². The van der Waals surface area contributed by atoms with Gasteiger partial charge in [-0.1, -0.05) is 33.6 Å². The van der Waals surface area contributed by atoms with Crippen LogP contribution in [0.2, 0.25) is 5.02 Å². The van der Waals surface area contributed by atoms with Gasteiger partial charge in [-0.2, -0.15) is 5.26 Å². The van der Waals surface area contributed by atoms with Crippen LogP contribution < -0.4 is 14.8 Å². The highest BCUT2D eigenvalue weighted by molar-refractivity contribution is 9.10. The number of rotatable bonds is 9. The fourth-order valence-corrected chi connectivity index (χ4v) is 3.61. The maximum Gasteiger partial charge on any atom is 0.269 e. The summed E-state index contributed by atoms with van der Waals surface area (Å²) in [5.74, 6) is 0.255. The molecule has 0 spiro atoms. The Morgan fingerprint density at radius 1 is 1.17 bits per heavy atom. The van der Waals surface area contributed by atoms with Gasteiger partial charge >= 0.3 is 0 Å². The molecule has 0 heterocycles. The first-order valence-electron chi connectivity index (χ1n) is 10.3. The van der Waals surface area contributed by atoms with Crippen LogP contribution in [0.3, 0.4) is 0 Å². The predicted molar refractivity (Wildman–Crippen MR) is 136 cm³/mol. The third-order valence-corrected chi connectivity index (χ3v) is 5.57. The van der Waals surface area contributed by atoms with Crippen LogP contribution in [0.4, 0.5) is 11.4 Å². The maximum atomic E-state index is 12.6. The molecule has 0 bridgehead atoms. The smallest absolute Gasteiger partial charge is 0.269 e. The number of nitrogens with zero attached hydrogens (tertiary/aromatic N) is 2. The van der Waals surface area contributed by atoms with E-state index >= 15 is 0 Å². The lowest BCUT2D eigenvalue weighted by molar-refractivity contribution is -0.384. The molecule has 0 unspecified atom stereocenters. The second-order valence-electron chi connectivity index (χ2n) is 7.10. The summed E-state index contributed by atoms with van der Waals surface area (Å²) >= 11 is 9.40. The Morgan fingerprint density at radius 3 is 2.51 bits per heavy atom. The molecule has 0 atom stereocenters. The first kappa shape index (κ1) is 25.7. The topological polar surface area (TPSA) is 114 Å². The summed E-state index contributed by atoms with van der Waals surface area (Å²) in [5, 5.41) is 23.5. The van der Waals surface area contributed by atoms with E-state index in [0.717, 1.165) is 5.56 Å². The van der Waals surface area contributed by atoms with Crippen molar-refractivity contribution in [2.45, 2.75) is 13.5 Å². The molecule has 1 N–H and O–H groups in total. The molecule has 0 aliphatic rings.